The molecule has 2 rings (SSSR count). The van der Waals surface area contributed by atoms with Gasteiger partial charge in [0, 0.05) is 12.2 Å². The first-order valence-electron chi connectivity index (χ1n) is 10.4. The van der Waals surface area contributed by atoms with Crippen molar-refractivity contribution in [3.8, 4) is 0 Å². The Labute approximate surface area is 179 Å². The number of rotatable bonds is 10. The third-order valence-corrected chi connectivity index (χ3v) is 5.05. The lowest BCUT2D eigenvalue weighted by Gasteiger charge is -2.23. The van der Waals surface area contributed by atoms with Gasteiger partial charge in [-0.3, -0.25) is 4.79 Å². The van der Waals surface area contributed by atoms with Gasteiger partial charge in [0.15, 0.2) is 0 Å². The van der Waals surface area contributed by atoms with Gasteiger partial charge in [0.05, 0.1) is 0 Å². The Hall–Kier alpha value is -2.86. The number of hydrogen-bond donors (Lipinski definition) is 2. The Balaban J connectivity index is 1.93. The summed E-state index contributed by atoms with van der Waals surface area (Å²) in [6.45, 7) is 5.06. The molecule has 30 heavy (non-hydrogen) atoms. The second-order valence-electron chi connectivity index (χ2n) is 7.81. The van der Waals surface area contributed by atoms with E-state index in [9.17, 15) is 9.59 Å². The van der Waals surface area contributed by atoms with Crippen LogP contribution in [0.3, 0.4) is 0 Å². The highest BCUT2D eigenvalue weighted by Crippen LogP contribution is 2.14. The standard InChI is InChI=1S/C24H33N3O3/c1-5-18(2)22(26-24(29)30-17-20-9-7-6-8-10-20)23(28)25-21-13-11-19(12-14-21)15-16-27(3)4/h6-14,18,22H,5,15-17H2,1-4H3,(H,25,28)(H,26,29)/t18-,22-/m0/s1. The molecule has 2 aromatic carbocycles. The first kappa shape index (κ1) is 23.4. The minimum atomic E-state index is -0.674. The fraction of sp³-hybridized carbons (Fsp3) is 0.417. The number of carbonyl (C=O) groups excluding carboxylic acids is 2. The van der Waals surface area contributed by atoms with Crippen LogP contribution in [-0.4, -0.2) is 43.6 Å². The maximum Gasteiger partial charge on any atom is 0.408 e. The molecule has 0 aliphatic carbocycles. The number of nitrogens with zero attached hydrogens (tertiary/aromatic N) is 1. The van der Waals surface area contributed by atoms with E-state index in [0.717, 1.165) is 24.9 Å². The van der Waals surface area contributed by atoms with Crippen LogP contribution < -0.4 is 10.6 Å². The molecule has 0 radical (unpaired) electrons. The summed E-state index contributed by atoms with van der Waals surface area (Å²) in [5.41, 5.74) is 2.82. The second-order valence-corrected chi connectivity index (χ2v) is 7.81. The van der Waals surface area contributed by atoms with Crippen LogP contribution in [0.4, 0.5) is 10.5 Å². The first-order chi connectivity index (χ1) is 14.4. The van der Waals surface area contributed by atoms with E-state index in [0.29, 0.717) is 5.69 Å². The van der Waals surface area contributed by atoms with Crippen molar-refractivity contribution in [2.75, 3.05) is 26.0 Å². The van der Waals surface area contributed by atoms with Gasteiger partial charge in [0.1, 0.15) is 12.6 Å². The van der Waals surface area contributed by atoms with E-state index >= 15 is 0 Å². The van der Waals surface area contributed by atoms with Crippen molar-refractivity contribution < 1.29 is 14.3 Å². The minimum absolute atomic E-state index is 0.0337. The summed E-state index contributed by atoms with van der Waals surface area (Å²) >= 11 is 0. The van der Waals surface area contributed by atoms with Crippen LogP contribution in [0.2, 0.25) is 0 Å². The molecule has 2 amide bonds. The van der Waals surface area contributed by atoms with E-state index in [1.165, 1.54) is 5.56 Å². The number of benzene rings is 2. The average Bonchev–Trinajstić information content (AvgIpc) is 2.75. The van der Waals surface area contributed by atoms with Crippen molar-refractivity contribution in [2.45, 2.75) is 39.3 Å². The Bertz CT molecular complexity index is 791. The van der Waals surface area contributed by atoms with Gasteiger partial charge in [0.2, 0.25) is 5.91 Å². The zero-order valence-corrected chi connectivity index (χ0v) is 18.4. The van der Waals surface area contributed by atoms with E-state index in [1.54, 1.807) is 0 Å². The smallest absolute Gasteiger partial charge is 0.408 e. The fourth-order valence-corrected chi connectivity index (χ4v) is 2.92. The van der Waals surface area contributed by atoms with Gasteiger partial charge in [-0.15, -0.1) is 0 Å². The van der Waals surface area contributed by atoms with Crippen molar-refractivity contribution >= 4 is 17.7 Å². The van der Waals surface area contributed by atoms with Crippen LogP contribution in [0.1, 0.15) is 31.4 Å². The van der Waals surface area contributed by atoms with E-state index in [2.05, 4.69) is 15.5 Å². The fourth-order valence-electron chi connectivity index (χ4n) is 2.92. The topological polar surface area (TPSA) is 70.7 Å². The summed E-state index contributed by atoms with van der Waals surface area (Å²) in [6.07, 6.45) is 1.10. The highest BCUT2D eigenvalue weighted by Gasteiger charge is 2.26. The van der Waals surface area contributed by atoms with Crippen molar-refractivity contribution in [1.29, 1.82) is 0 Å². The van der Waals surface area contributed by atoms with Crippen LogP contribution in [0, 0.1) is 5.92 Å². The van der Waals surface area contributed by atoms with E-state index < -0.39 is 12.1 Å². The molecule has 0 heterocycles. The van der Waals surface area contributed by atoms with E-state index in [4.69, 9.17) is 4.74 Å². The molecule has 0 fully saturated rings. The number of amides is 2. The molecule has 6 heteroatoms. The normalized spacial score (nSPS) is 12.8. The van der Waals surface area contributed by atoms with Crippen molar-refractivity contribution in [3.63, 3.8) is 0 Å². The third-order valence-electron chi connectivity index (χ3n) is 5.05. The number of alkyl carbamates (subject to hydrolysis) is 1. The Morgan fingerprint density at radius 2 is 1.67 bits per heavy atom. The summed E-state index contributed by atoms with van der Waals surface area (Å²) in [6, 6.07) is 16.6. The molecule has 0 aliphatic heterocycles. The SMILES string of the molecule is CC[C@H](C)[C@H](NC(=O)OCc1ccccc1)C(=O)Nc1ccc(CCN(C)C)cc1. The number of anilines is 1. The maximum atomic E-state index is 12.8. The highest BCUT2D eigenvalue weighted by molar-refractivity contribution is 5.96. The predicted octanol–water partition coefficient (Wildman–Crippen LogP) is 4.07. The van der Waals surface area contributed by atoms with Crippen molar-refractivity contribution in [3.05, 3.63) is 65.7 Å². The van der Waals surface area contributed by atoms with E-state index in [-0.39, 0.29) is 18.4 Å². The molecule has 0 saturated heterocycles. The Morgan fingerprint density at radius 1 is 1.00 bits per heavy atom. The predicted molar refractivity (Wildman–Crippen MR) is 120 cm³/mol. The monoisotopic (exact) mass is 411 g/mol. The van der Waals surface area contributed by atoms with Crippen LogP contribution in [0.25, 0.3) is 0 Å². The number of hydrogen-bond acceptors (Lipinski definition) is 4. The minimum Gasteiger partial charge on any atom is -0.445 e. The third kappa shape index (κ3) is 7.87. The van der Waals surface area contributed by atoms with Gasteiger partial charge in [-0.05, 0) is 49.7 Å². The van der Waals surface area contributed by atoms with Gasteiger partial charge in [0.25, 0.3) is 0 Å². The number of ether oxygens (including phenoxy) is 1. The molecule has 0 aromatic heterocycles. The van der Waals surface area contributed by atoms with Crippen molar-refractivity contribution in [2.24, 2.45) is 5.92 Å². The number of carbonyl (C=O) groups is 2. The van der Waals surface area contributed by atoms with Gasteiger partial charge >= 0.3 is 6.09 Å². The van der Waals surface area contributed by atoms with Crippen LogP contribution >= 0.6 is 0 Å². The summed E-state index contributed by atoms with van der Waals surface area (Å²) in [4.78, 5) is 27.2. The molecule has 0 aliphatic rings. The zero-order valence-electron chi connectivity index (χ0n) is 18.4. The van der Waals surface area contributed by atoms with Crippen LogP contribution in [0.5, 0.6) is 0 Å². The van der Waals surface area contributed by atoms with Gasteiger partial charge in [-0.1, -0.05) is 62.7 Å². The van der Waals surface area contributed by atoms with Gasteiger partial charge in [-0.25, -0.2) is 4.79 Å². The quantitative estimate of drug-likeness (QED) is 0.618. The van der Waals surface area contributed by atoms with Gasteiger partial charge in [-0.2, -0.15) is 0 Å². The molecule has 6 nitrogen and oxygen atoms in total. The van der Waals surface area contributed by atoms with Crippen molar-refractivity contribution in [1.82, 2.24) is 10.2 Å². The number of nitrogens with one attached hydrogen (secondary N) is 2. The molecule has 0 spiro atoms. The van der Waals surface area contributed by atoms with Crippen LogP contribution in [-0.2, 0) is 22.6 Å². The average molecular weight is 412 g/mol. The second kappa shape index (κ2) is 12.0. The molecule has 0 unspecified atom stereocenters. The lowest BCUT2D eigenvalue weighted by molar-refractivity contribution is -0.119. The molecule has 0 bridgehead atoms. The summed E-state index contributed by atoms with van der Waals surface area (Å²) in [5, 5.41) is 5.63. The first-order valence-corrected chi connectivity index (χ1v) is 10.4. The molecular weight excluding hydrogens is 378 g/mol. The largest absolute Gasteiger partial charge is 0.445 e. The molecule has 2 aromatic rings. The maximum absolute atomic E-state index is 12.8. The zero-order chi connectivity index (χ0) is 21.9. The Morgan fingerprint density at radius 3 is 2.27 bits per heavy atom. The highest BCUT2D eigenvalue weighted by atomic mass is 16.5. The molecular formula is C24H33N3O3. The summed E-state index contributed by atoms with van der Waals surface area (Å²) in [7, 11) is 4.09. The van der Waals surface area contributed by atoms with Gasteiger partial charge < -0.3 is 20.3 Å². The van der Waals surface area contributed by atoms with E-state index in [1.807, 2.05) is 82.5 Å². The lowest BCUT2D eigenvalue weighted by Crippen LogP contribution is -2.47. The van der Waals surface area contributed by atoms with Crippen LogP contribution in [0.15, 0.2) is 54.6 Å². The molecule has 162 valence electrons. The summed E-state index contributed by atoms with van der Waals surface area (Å²) < 4.78 is 5.28. The summed E-state index contributed by atoms with van der Waals surface area (Å²) in [5.74, 6) is -0.282. The Kier molecular flexibility index (Phi) is 9.35. The number of likely N-dealkylation sites (N-methyl/N-ethyl adjacent to an activating group) is 1. The molecule has 2 atom stereocenters. The molecule has 0 saturated carbocycles. The lowest BCUT2D eigenvalue weighted by atomic mass is 9.98. The molecule has 2 N–H and O–H groups in total.